The van der Waals surface area contributed by atoms with E-state index in [1.54, 1.807) is 12.4 Å². The van der Waals surface area contributed by atoms with E-state index in [-0.39, 0.29) is 0 Å². The van der Waals surface area contributed by atoms with Crippen molar-refractivity contribution in [3.05, 3.63) is 36.2 Å². The topological polar surface area (TPSA) is 68.2 Å². The van der Waals surface area contributed by atoms with Gasteiger partial charge in [-0.05, 0) is 32.4 Å². The van der Waals surface area contributed by atoms with Gasteiger partial charge < -0.3 is 9.73 Å². The van der Waals surface area contributed by atoms with Crippen LogP contribution < -0.4 is 5.32 Å². The quantitative estimate of drug-likeness (QED) is 0.780. The van der Waals surface area contributed by atoms with Gasteiger partial charge in [0, 0.05) is 23.9 Å². The number of aryl methyl sites for hydroxylation is 1. The van der Waals surface area contributed by atoms with E-state index in [9.17, 15) is 0 Å². The summed E-state index contributed by atoms with van der Waals surface area (Å²) in [4.78, 5) is 8.83. The Bertz CT molecular complexity index is 756. The van der Waals surface area contributed by atoms with Crippen molar-refractivity contribution in [1.29, 1.82) is 0 Å². The van der Waals surface area contributed by atoms with Crippen LogP contribution in [0.25, 0.3) is 17.0 Å². The summed E-state index contributed by atoms with van der Waals surface area (Å²) >= 11 is 0. The van der Waals surface area contributed by atoms with Crippen molar-refractivity contribution in [1.82, 2.24) is 24.9 Å². The van der Waals surface area contributed by atoms with Crippen molar-refractivity contribution in [2.75, 3.05) is 13.1 Å². The molecule has 0 spiro atoms. The number of hydrogen-bond donors (Lipinski definition) is 1. The van der Waals surface area contributed by atoms with Crippen molar-refractivity contribution in [3.8, 4) is 11.3 Å². The van der Waals surface area contributed by atoms with E-state index >= 15 is 0 Å². The highest BCUT2D eigenvalue weighted by Crippen LogP contribution is 2.27. The number of piperidine rings is 1. The fourth-order valence-corrected chi connectivity index (χ4v) is 2.97. The Morgan fingerprint density at radius 1 is 1.38 bits per heavy atom. The lowest BCUT2D eigenvalue weighted by Crippen LogP contribution is -2.29. The van der Waals surface area contributed by atoms with E-state index < -0.39 is 0 Å². The molecule has 108 valence electrons. The second kappa shape index (κ2) is 4.96. The van der Waals surface area contributed by atoms with Crippen LogP contribution in [-0.4, -0.2) is 32.7 Å². The van der Waals surface area contributed by atoms with Crippen LogP contribution in [-0.2, 0) is 0 Å². The number of fused-ring (bicyclic) bond motifs is 1. The zero-order valence-corrected chi connectivity index (χ0v) is 11.9. The second-order valence-corrected chi connectivity index (χ2v) is 5.53. The van der Waals surface area contributed by atoms with Crippen LogP contribution >= 0.6 is 0 Å². The number of nitrogens with one attached hydrogen (secondary N) is 1. The molecule has 3 aromatic heterocycles. The maximum absolute atomic E-state index is 5.39. The van der Waals surface area contributed by atoms with Gasteiger partial charge in [0.2, 0.25) is 0 Å². The molecule has 1 N–H and O–H groups in total. The maximum Gasteiger partial charge on any atom is 0.181 e. The number of oxazole rings is 1. The van der Waals surface area contributed by atoms with Crippen LogP contribution in [0.2, 0.25) is 0 Å². The van der Waals surface area contributed by atoms with Gasteiger partial charge in [-0.25, -0.2) is 14.5 Å². The molecule has 1 aliphatic heterocycles. The minimum absolute atomic E-state index is 0.472. The Hall–Kier alpha value is -2.21. The predicted octanol–water partition coefficient (Wildman–Crippen LogP) is 2.16. The first kappa shape index (κ1) is 12.5. The zero-order valence-electron chi connectivity index (χ0n) is 11.9. The normalized spacial score (nSPS) is 19.2. The molecule has 1 fully saturated rings. The van der Waals surface area contributed by atoms with Crippen LogP contribution in [0.3, 0.4) is 0 Å². The average molecular weight is 283 g/mol. The van der Waals surface area contributed by atoms with Crippen LogP contribution in [0.15, 0.2) is 29.3 Å². The largest absolute Gasteiger partial charge is 0.443 e. The van der Waals surface area contributed by atoms with Gasteiger partial charge in [-0.1, -0.05) is 0 Å². The summed E-state index contributed by atoms with van der Waals surface area (Å²) in [5.74, 6) is 1.18. The van der Waals surface area contributed by atoms with Crippen molar-refractivity contribution in [3.63, 3.8) is 0 Å². The lowest BCUT2D eigenvalue weighted by atomic mass is 9.95. The molecule has 21 heavy (non-hydrogen) atoms. The molecule has 0 aliphatic carbocycles. The third kappa shape index (κ3) is 2.12. The highest BCUT2D eigenvalue weighted by atomic mass is 16.3. The summed E-state index contributed by atoms with van der Waals surface area (Å²) in [5.41, 5.74) is 3.95. The molecule has 6 heteroatoms. The monoisotopic (exact) mass is 283 g/mol. The highest BCUT2D eigenvalue weighted by Gasteiger charge is 2.20. The van der Waals surface area contributed by atoms with Gasteiger partial charge in [-0.15, -0.1) is 0 Å². The summed E-state index contributed by atoms with van der Waals surface area (Å²) in [7, 11) is 0. The number of rotatable bonds is 2. The molecule has 4 rings (SSSR count). The molecule has 1 aliphatic rings. The predicted molar refractivity (Wildman–Crippen MR) is 78.1 cm³/mol. The Morgan fingerprint density at radius 2 is 2.33 bits per heavy atom. The third-order valence-electron chi connectivity index (χ3n) is 4.08. The second-order valence-electron chi connectivity index (χ2n) is 5.53. The van der Waals surface area contributed by atoms with E-state index in [1.165, 1.54) is 19.2 Å². The summed E-state index contributed by atoms with van der Waals surface area (Å²) < 4.78 is 7.25. The first-order chi connectivity index (χ1) is 10.3. The van der Waals surface area contributed by atoms with Gasteiger partial charge in [0.25, 0.3) is 0 Å². The molecule has 1 saturated heterocycles. The van der Waals surface area contributed by atoms with Crippen molar-refractivity contribution in [2.45, 2.75) is 25.7 Å². The minimum atomic E-state index is 0.472. The van der Waals surface area contributed by atoms with Crippen LogP contribution in [0.4, 0.5) is 0 Å². The van der Waals surface area contributed by atoms with Crippen molar-refractivity contribution < 1.29 is 4.42 Å². The molecule has 6 nitrogen and oxygen atoms in total. The molecular weight excluding hydrogens is 266 g/mol. The van der Waals surface area contributed by atoms with Gasteiger partial charge in [0.1, 0.15) is 0 Å². The highest BCUT2D eigenvalue weighted by molar-refractivity contribution is 5.73. The molecule has 0 saturated carbocycles. The summed E-state index contributed by atoms with van der Waals surface area (Å²) in [6, 6.07) is 2.14. The first-order valence-electron chi connectivity index (χ1n) is 7.28. The smallest absolute Gasteiger partial charge is 0.181 e. The van der Waals surface area contributed by atoms with Crippen LogP contribution in [0.1, 0.15) is 30.1 Å². The minimum Gasteiger partial charge on any atom is -0.443 e. The lowest BCUT2D eigenvalue weighted by Gasteiger charge is -2.22. The first-order valence-corrected chi connectivity index (χ1v) is 7.28. The Morgan fingerprint density at radius 3 is 3.10 bits per heavy atom. The Kier molecular flexibility index (Phi) is 2.96. The molecule has 0 amide bonds. The Labute approximate surface area is 122 Å². The van der Waals surface area contributed by atoms with Crippen LogP contribution in [0, 0.1) is 6.92 Å². The van der Waals surface area contributed by atoms with Gasteiger partial charge in [0.15, 0.2) is 17.8 Å². The van der Waals surface area contributed by atoms with E-state index in [4.69, 9.17) is 9.40 Å². The summed E-state index contributed by atoms with van der Waals surface area (Å²) in [6.45, 7) is 4.16. The molecule has 4 heterocycles. The number of aromatic nitrogens is 4. The lowest BCUT2D eigenvalue weighted by molar-refractivity contribution is 0.454. The molecule has 0 bridgehead atoms. The molecule has 0 radical (unpaired) electrons. The molecule has 1 atom stereocenters. The summed E-state index contributed by atoms with van der Waals surface area (Å²) in [5, 5.41) is 7.86. The average Bonchev–Trinajstić information content (AvgIpc) is 3.16. The SMILES string of the molecule is Cc1cc(C2CCCNC2)nc2c(-c3cnco3)cnn12. The van der Waals surface area contributed by atoms with Gasteiger partial charge in [-0.3, -0.25) is 0 Å². The van der Waals surface area contributed by atoms with Gasteiger partial charge in [0.05, 0.1) is 18.0 Å². The summed E-state index contributed by atoms with van der Waals surface area (Å²) in [6.07, 6.45) is 7.30. The molecule has 3 aromatic rings. The molecule has 1 unspecified atom stereocenters. The number of nitrogens with zero attached hydrogens (tertiary/aromatic N) is 4. The molecule has 0 aromatic carbocycles. The van der Waals surface area contributed by atoms with Gasteiger partial charge in [-0.2, -0.15) is 5.10 Å². The van der Waals surface area contributed by atoms with Gasteiger partial charge >= 0.3 is 0 Å². The maximum atomic E-state index is 5.39. The van der Waals surface area contributed by atoms with Crippen molar-refractivity contribution >= 4 is 5.65 Å². The Balaban J connectivity index is 1.85. The van der Waals surface area contributed by atoms with E-state index in [0.29, 0.717) is 11.7 Å². The fourth-order valence-electron chi connectivity index (χ4n) is 2.97. The van der Waals surface area contributed by atoms with Crippen molar-refractivity contribution in [2.24, 2.45) is 0 Å². The van der Waals surface area contributed by atoms with E-state index in [2.05, 4.69) is 28.4 Å². The number of hydrogen-bond acceptors (Lipinski definition) is 5. The fraction of sp³-hybridized carbons (Fsp3) is 0.400. The van der Waals surface area contributed by atoms with E-state index in [1.807, 2.05) is 4.52 Å². The zero-order chi connectivity index (χ0) is 14.2. The van der Waals surface area contributed by atoms with Crippen LogP contribution in [0.5, 0.6) is 0 Å². The molecular formula is C15H17N5O. The standard InChI is InChI=1S/C15H17N5O/c1-10-5-13(11-3-2-4-16-6-11)19-15-12(7-18-20(10)15)14-8-17-9-21-14/h5,7-9,11,16H,2-4,6H2,1H3. The third-order valence-corrected chi connectivity index (χ3v) is 4.08. The van der Waals surface area contributed by atoms with E-state index in [0.717, 1.165) is 35.7 Å².